The lowest BCUT2D eigenvalue weighted by molar-refractivity contribution is 0.666. The predicted molar refractivity (Wildman–Crippen MR) is 123 cm³/mol. The summed E-state index contributed by atoms with van der Waals surface area (Å²) in [5.74, 6) is 0.767. The topological polar surface area (TPSA) is 47.8 Å². The lowest BCUT2D eigenvalue weighted by Crippen LogP contribution is -2.22. The van der Waals surface area contributed by atoms with Gasteiger partial charge in [-0.05, 0) is 36.1 Å². The van der Waals surface area contributed by atoms with Gasteiger partial charge >= 0.3 is 0 Å². The Balaban J connectivity index is 1.63. The summed E-state index contributed by atoms with van der Waals surface area (Å²) in [6.07, 6.45) is 1.76. The number of aryl methyl sites for hydroxylation is 1. The third-order valence-electron chi connectivity index (χ3n) is 4.70. The molecule has 0 spiro atoms. The van der Waals surface area contributed by atoms with Gasteiger partial charge in [0.25, 0.3) is 5.56 Å². The number of pyridine rings is 1. The van der Waals surface area contributed by atoms with Crippen LogP contribution in [-0.2, 0) is 12.3 Å². The Morgan fingerprint density at radius 2 is 1.97 bits per heavy atom. The molecule has 0 bridgehead atoms. The molecular weight excluding hydrogens is 418 g/mol. The summed E-state index contributed by atoms with van der Waals surface area (Å²) in [5.41, 5.74) is 3.23. The van der Waals surface area contributed by atoms with Gasteiger partial charge in [0.05, 0.1) is 12.1 Å². The third-order valence-corrected chi connectivity index (χ3v) is 7.70. The van der Waals surface area contributed by atoms with Gasteiger partial charge in [-0.25, -0.2) is 9.97 Å². The highest BCUT2D eigenvalue weighted by atomic mass is 32.2. The molecule has 0 unspecified atom stereocenters. The van der Waals surface area contributed by atoms with E-state index in [0.717, 1.165) is 31.5 Å². The van der Waals surface area contributed by atoms with Crippen molar-refractivity contribution in [3.8, 4) is 0 Å². The molecule has 0 aliphatic heterocycles. The molecule has 0 saturated heterocycles. The van der Waals surface area contributed by atoms with Gasteiger partial charge in [-0.2, -0.15) is 0 Å². The van der Waals surface area contributed by atoms with Crippen LogP contribution in [0.3, 0.4) is 0 Å². The van der Waals surface area contributed by atoms with E-state index in [2.05, 4.69) is 42.2 Å². The van der Waals surface area contributed by atoms with Gasteiger partial charge < -0.3 is 0 Å². The molecule has 5 rings (SSSR count). The number of hydrogen-bond donors (Lipinski definition) is 0. The fourth-order valence-electron chi connectivity index (χ4n) is 3.18. The minimum Gasteiger partial charge on any atom is -0.281 e. The molecule has 0 N–H and O–H groups in total. The summed E-state index contributed by atoms with van der Waals surface area (Å²) in [7, 11) is 0. The monoisotopic (exact) mass is 435 g/mol. The molecule has 0 amide bonds. The Bertz CT molecular complexity index is 1350. The number of fused-ring (bicyclic) bond motifs is 3. The first-order valence-corrected chi connectivity index (χ1v) is 11.9. The predicted octanol–water partition coefficient (Wildman–Crippen LogP) is 5.72. The smallest absolute Gasteiger partial charge is 0.272 e. The average Bonchev–Trinajstić information content (AvgIpc) is 3.38. The molecule has 144 valence electrons. The van der Waals surface area contributed by atoms with Crippen LogP contribution in [0.2, 0.25) is 0 Å². The fourth-order valence-corrected chi connectivity index (χ4v) is 5.85. The average molecular weight is 436 g/mol. The zero-order chi connectivity index (χ0) is 19.8. The van der Waals surface area contributed by atoms with E-state index in [1.54, 1.807) is 29.3 Å². The van der Waals surface area contributed by atoms with Crippen molar-refractivity contribution < 1.29 is 0 Å². The van der Waals surface area contributed by atoms with Crippen LogP contribution >= 0.6 is 34.4 Å². The quantitative estimate of drug-likeness (QED) is 0.262. The summed E-state index contributed by atoms with van der Waals surface area (Å²) in [6, 6.07) is 16.4. The number of rotatable bonds is 5. The molecule has 29 heavy (non-hydrogen) atoms. The number of benzene rings is 1. The Kier molecular flexibility index (Phi) is 4.95. The molecule has 4 heterocycles. The van der Waals surface area contributed by atoms with Crippen molar-refractivity contribution in [3.05, 3.63) is 86.5 Å². The van der Waals surface area contributed by atoms with E-state index < -0.39 is 0 Å². The van der Waals surface area contributed by atoms with Gasteiger partial charge in [0.1, 0.15) is 9.53 Å². The van der Waals surface area contributed by atoms with Crippen molar-refractivity contribution in [1.82, 2.24) is 14.5 Å². The maximum Gasteiger partial charge on any atom is 0.272 e. The largest absolute Gasteiger partial charge is 0.281 e. The van der Waals surface area contributed by atoms with E-state index in [1.165, 1.54) is 22.5 Å². The maximum absolute atomic E-state index is 13.4. The van der Waals surface area contributed by atoms with Crippen molar-refractivity contribution in [2.75, 3.05) is 0 Å². The second-order valence-electron chi connectivity index (χ2n) is 6.78. The number of thioether (sulfide) groups is 1. The summed E-state index contributed by atoms with van der Waals surface area (Å²) in [4.78, 5) is 24.8. The van der Waals surface area contributed by atoms with Crippen LogP contribution in [0.25, 0.3) is 20.4 Å². The van der Waals surface area contributed by atoms with Crippen molar-refractivity contribution in [3.63, 3.8) is 0 Å². The Morgan fingerprint density at radius 1 is 1.10 bits per heavy atom. The van der Waals surface area contributed by atoms with E-state index in [9.17, 15) is 4.79 Å². The van der Waals surface area contributed by atoms with Gasteiger partial charge in [0.2, 0.25) is 0 Å². The van der Waals surface area contributed by atoms with Gasteiger partial charge in [0.15, 0.2) is 5.16 Å². The van der Waals surface area contributed by atoms with E-state index >= 15 is 0 Å². The van der Waals surface area contributed by atoms with Crippen LogP contribution in [0.15, 0.2) is 70.1 Å². The Hall–Kier alpha value is -2.48. The van der Waals surface area contributed by atoms with Gasteiger partial charge in [-0.3, -0.25) is 9.36 Å². The fraction of sp³-hybridized carbons (Fsp3) is 0.136. The van der Waals surface area contributed by atoms with Crippen LogP contribution in [0, 0.1) is 6.92 Å². The van der Waals surface area contributed by atoms with Crippen LogP contribution in [0.5, 0.6) is 0 Å². The number of thiophene rings is 2. The van der Waals surface area contributed by atoms with Crippen LogP contribution in [-0.4, -0.2) is 14.5 Å². The minimum atomic E-state index is 0.0119. The molecule has 5 aromatic rings. The van der Waals surface area contributed by atoms with Crippen molar-refractivity contribution in [2.24, 2.45) is 0 Å². The molecule has 0 radical (unpaired) electrons. The molecule has 0 saturated carbocycles. The standard InChI is InChI=1S/C22H17N3OS3/c1-14-6-8-15(9-7-14)13-28-22-24-18-17-5-2-10-23-20(17)29-19(18)21(26)25(22)12-16-4-3-11-27-16/h2-11H,12-13H2,1H3. The summed E-state index contributed by atoms with van der Waals surface area (Å²) in [5, 5.41) is 3.74. The van der Waals surface area contributed by atoms with E-state index in [1.807, 2.05) is 28.1 Å². The zero-order valence-corrected chi connectivity index (χ0v) is 18.1. The molecule has 7 heteroatoms. The molecule has 1 aromatic carbocycles. The Morgan fingerprint density at radius 3 is 2.76 bits per heavy atom. The first-order valence-electron chi connectivity index (χ1n) is 9.18. The molecule has 0 aliphatic carbocycles. The highest BCUT2D eigenvalue weighted by molar-refractivity contribution is 7.98. The van der Waals surface area contributed by atoms with Crippen LogP contribution < -0.4 is 5.56 Å². The normalized spacial score (nSPS) is 11.5. The van der Waals surface area contributed by atoms with E-state index in [0.29, 0.717) is 11.2 Å². The minimum absolute atomic E-state index is 0.0119. The SMILES string of the molecule is Cc1ccc(CSc2nc3c(sc4ncccc43)c(=O)n2Cc2cccs2)cc1. The van der Waals surface area contributed by atoms with Gasteiger partial charge in [-0.15, -0.1) is 22.7 Å². The van der Waals surface area contributed by atoms with Crippen molar-refractivity contribution in [1.29, 1.82) is 0 Å². The van der Waals surface area contributed by atoms with Gasteiger partial charge in [-0.1, -0.05) is 47.7 Å². The highest BCUT2D eigenvalue weighted by Crippen LogP contribution is 2.31. The molecule has 0 aliphatic rings. The number of hydrogen-bond acceptors (Lipinski definition) is 6. The summed E-state index contributed by atoms with van der Waals surface area (Å²) >= 11 is 4.69. The second-order valence-corrected chi connectivity index (χ2v) is 9.75. The van der Waals surface area contributed by atoms with E-state index in [-0.39, 0.29) is 5.56 Å². The first kappa shape index (κ1) is 18.5. The first-order chi connectivity index (χ1) is 14.2. The molecule has 0 fully saturated rings. The maximum atomic E-state index is 13.4. The summed E-state index contributed by atoms with van der Waals surface area (Å²) < 4.78 is 2.48. The molecule has 0 atom stereocenters. The Labute approximate surface area is 179 Å². The lowest BCUT2D eigenvalue weighted by atomic mass is 10.2. The third kappa shape index (κ3) is 3.61. The van der Waals surface area contributed by atoms with Crippen LogP contribution in [0.1, 0.15) is 16.0 Å². The number of nitrogens with zero attached hydrogens (tertiary/aromatic N) is 3. The van der Waals surface area contributed by atoms with Crippen LogP contribution in [0.4, 0.5) is 0 Å². The highest BCUT2D eigenvalue weighted by Gasteiger charge is 2.17. The lowest BCUT2D eigenvalue weighted by Gasteiger charge is -2.11. The zero-order valence-electron chi connectivity index (χ0n) is 15.7. The van der Waals surface area contributed by atoms with Gasteiger partial charge in [0, 0.05) is 22.2 Å². The molecule has 4 nitrogen and oxygen atoms in total. The second kappa shape index (κ2) is 7.74. The number of aromatic nitrogens is 3. The molecule has 4 aromatic heterocycles. The summed E-state index contributed by atoms with van der Waals surface area (Å²) in [6.45, 7) is 2.62. The molecular formula is C22H17N3OS3. The van der Waals surface area contributed by atoms with E-state index in [4.69, 9.17) is 4.98 Å². The van der Waals surface area contributed by atoms with Crippen molar-refractivity contribution >= 4 is 54.9 Å². The van der Waals surface area contributed by atoms with Crippen molar-refractivity contribution in [2.45, 2.75) is 24.4 Å².